The number of hydrogen-bond donors (Lipinski definition) is 2. The average molecular weight is 391 g/mol. The molecule has 0 aliphatic carbocycles. The van der Waals surface area contributed by atoms with Gasteiger partial charge in [0.2, 0.25) is 5.91 Å². The van der Waals surface area contributed by atoms with Crippen LogP contribution in [-0.4, -0.2) is 47.7 Å². The van der Waals surface area contributed by atoms with Gasteiger partial charge in [0.25, 0.3) is 11.5 Å². The number of methoxy groups -OCH3 is 2. The van der Waals surface area contributed by atoms with Gasteiger partial charge in [0.15, 0.2) is 5.16 Å². The van der Waals surface area contributed by atoms with E-state index < -0.39 is 23.3 Å². The first-order valence-electron chi connectivity index (χ1n) is 7.70. The average Bonchev–Trinajstić information content (AvgIpc) is 2.65. The van der Waals surface area contributed by atoms with Crippen LogP contribution in [0, 0.1) is 0 Å². The number of aromatic nitrogens is 2. The third kappa shape index (κ3) is 5.96. The molecule has 10 heteroatoms. The van der Waals surface area contributed by atoms with Crippen molar-refractivity contribution in [2.45, 2.75) is 11.6 Å². The Morgan fingerprint density at radius 2 is 1.96 bits per heavy atom. The fourth-order valence-corrected chi connectivity index (χ4v) is 2.75. The summed E-state index contributed by atoms with van der Waals surface area (Å²) in [5.41, 5.74) is -0.0135. The van der Waals surface area contributed by atoms with Crippen LogP contribution in [0.25, 0.3) is 0 Å². The zero-order valence-electron chi connectivity index (χ0n) is 14.6. The Morgan fingerprint density at radius 3 is 2.67 bits per heavy atom. The fraction of sp³-hybridized carbons (Fsp3) is 0.235. The van der Waals surface area contributed by atoms with Crippen LogP contribution in [0.3, 0.4) is 0 Å². The molecular weight excluding hydrogens is 374 g/mol. The van der Waals surface area contributed by atoms with Crippen molar-refractivity contribution in [3.05, 3.63) is 51.9 Å². The molecule has 2 rings (SSSR count). The van der Waals surface area contributed by atoms with E-state index in [9.17, 15) is 19.2 Å². The molecule has 0 saturated heterocycles. The molecule has 0 saturated carbocycles. The molecule has 0 radical (unpaired) electrons. The number of amides is 2. The van der Waals surface area contributed by atoms with Crippen molar-refractivity contribution < 1.29 is 23.9 Å². The molecule has 0 aliphatic heterocycles. The largest absolute Gasteiger partial charge is 0.496 e. The van der Waals surface area contributed by atoms with Gasteiger partial charge in [-0.25, -0.2) is 4.98 Å². The number of ether oxygens (including phenoxy) is 2. The lowest BCUT2D eigenvalue weighted by Crippen LogP contribution is -2.32. The van der Waals surface area contributed by atoms with Crippen molar-refractivity contribution in [3.63, 3.8) is 0 Å². The number of thioether (sulfide) groups is 1. The van der Waals surface area contributed by atoms with Crippen molar-refractivity contribution in [1.82, 2.24) is 15.3 Å². The van der Waals surface area contributed by atoms with Crippen LogP contribution in [0.1, 0.15) is 16.1 Å². The van der Waals surface area contributed by atoms with Crippen molar-refractivity contribution in [3.8, 4) is 5.75 Å². The van der Waals surface area contributed by atoms with Gasteiger partial charge in [0, 0.05) is 6.07 Å². The lowest BCUT2D eigenvalue weighted by Gasteiger charge is -2.08. The molecule has 0 atom stereocenters. The highest BCUT2D eigenvalue weighted by molar-refractivity contribution is 7.99. The van der Waals surface area contributed by atoms with E-state index in [1.807, 2.05) is 0 Å². The molecule has 1 aromatic heterocycles. The minimum absolute atomic E-state index is 0.154. The van der Waals surface area contributed by atoms with Gasteiger partial charge in [-0.2, -0.15) is 0 Å². The van der Waals surface area contributed by atoms with E-state index in [4.69, 9.17) is 4.74 Å². The SMILES string of the molecule is COC(=O)Cc1cc(=O)[nH]c(SCC(=O)NC(=O)c2ccccc2OC)n1. The minimum atomic E-state index is -0.598. The number of esters is 1. The smallest absolute Gasteiger partial charge is 0.311 e. The van der Waals surface area contributed by atoms with E-state index in [2.05, 4.69) is 20.0 Å². The maximum Gasteiger partial charge on any atom is 0.311 e. The van der Waals surface area contributed by atoms with Crippen molar-refractivity contribution >= 4 is 29.5 Å². The van der Waals surface area contributed by atoms with E-state index in [1.54, 1.807) is 18.2 Å². The number of imide groups is 1. The number of aromatic amines is 1. The van der Waals surface area contributed by atoms with Gasteiger partial charge in [0.1, 0.15) is 5.75 Å². The van der Waals surface area contributed by atoms with Crippen LogP contribution in [0.15, 0.2) is 40.3 Å². The van der Waals surface area contributed by atoms with Crippen LogP contribution < -0.4 is 15.6 Å². The summed E-state index contributed by atoms with van der Waals surface area (Å²) in [6.07, 6.45) is -0.160. The first-order valence-corrected chi connectivity index (χ1v) is 8.68. The molecular formula is C17H17N3O6S. The Bertz CT molecular complexity index is 912. The molecule has 0 aliphatic rings. The van der Waals surface area contributed by atoms with Gasteiger partial charge < -0.3 is 14.5 Å². The van der Waals surface area contributed by atoms with E-state index >= 15 is 0 Å². The maximum absolute atomic E-state index is 12.2. The molecule has 0 unspecified atom stereocenters. The molecule has 2 N–H and O–H groups in total. The summed E-state index contributed by atoms with van der Waals surface area (Å²) >= 11 is 0.924. The summed E-state index contributed by atoms with van der Waals surface area (Å²) in [7, 11) is 2.65. The number of carbonyl (C=O) groups is 3. The quantitative estimate of drug-likeness (QED) is 0.398. The Kier molecular flexibility index (Phi) is 7.12. The highest BCUT2D eigenvalue weighted by Gasteiger charge is 2.15. The van der Waals surface area contributed by atoms with Crippen LogP contribution in [0.4, 0.5) is 0 Å². The molecule has 0 fully saturated rings. The monoisotopic (exact) mass is 391 g/mol. The van der Waals surface area contributed by atoms with Crippen molar-refractivity contribution in [1.29, 1.82) is 0 Å². The Labute approximate surface area is 158 Å². The number of hydrogen-bond acceptors (Lipinski definition) is 8. The number of para-hydroxylation sites is 1. The zero-order valence-corrected chi connectivity index (χ0v) is 15.4. The van der Waals surface area contributed by atoms with Gasteiger partial charge in [-0.15, -0.1) is 0 Å². The lowest BCUT2D eigenvalue weighted by molar-refractivity contribution is -0.139. The summed E-state index contributed by atoms with van der Waals surface area (Å²) in [6.45, 7) is 0. The summed E-state index contributed by atoms with van der Waals surface area (Å²) in [6, 6.07) is 7.67. The van der Waals surface area contributed by atoms with Crippen LogP contribution in [-0.2, 0) is 20.7 Å². The Hall–Kier alpha value is -3.14. The first-order chi connectivity index (χ1) is 12.9. The molecule has 1 aromatic carbocycles. The standard InChI is InChI=1S/C17H17N3O6S/c1-25-12-6-4-3-5-11(12)16(24)19-14(22)9-27-17-18-10(7-13(21)20-17)8-15(23)26-2/h3-7H,8-9H2,1-2H3,(H,18,20,21)(H,19,22,24). The van der Waals surface area contributed by atoms with Gasteiger partial charge in [0.05, 0.1) is 37.7 Å². The summed E-state index contributed by atoms with van der Waals surface area (Å²) in [5.74, 6) is -1.53. The normalized spacial score (nSPS) is 10.1. The molecule has 0 bridgehead atoms. The van der Waals surface area contributed by atoms with Gasteiger partial charge in [-0.1, -0.05) is 23.9 Å². The van der Waals surface area contributed by atoms with E-state index in [-0.39, 0.29) is 28.6 Å². The van der Waals surface area contributed by atoms with Crippen molar-refractivity contribution in [2.24, 2.45) is 0 Å². The highest BCUT2D eigenvalue weighted by atomic mass is 32.2. The van der Waals surface area contributed by atoms with Gasteiger partial charge in [-0.05, 0) is 12.1 Å². The number of rotatable bonds is 7. The van der Waals surface area contributed by atoms with E-state index in [1.165, 1.54) is 26.4 Å². The number of H-pyrrole nitrogens is 1. The maximum atomic E-state index is 12.2. The lowest BCUT2D eigenvalue weighted by atomic mass is 10.2. The second kappa shape index (κ2) is 9.53. The molecule has 1 heterocycles. The summed E-state index contributed by atoms with van der Waals surface area (Å²) in [5, 5.41) is 2.39. The molecule has 142 valence electrons. The Morgan fingerprint density at radius 1 is 1.22 bits per heavy atom. The van der Waals surface area contributed by atoms with Gasteiger partial charge >= 0.3 is 5.97 Å². The molecule has 2 aromatic rings. The predicted molar refractivity (Wildman–Crippen MR) is 96.8 cm³/mol. The van der Waals surface area contributed by atoms with Crippen LogP contribution >= 0.6 is 11.8 Å². The molecule has 27 heavy (non-hydrogen) atoms. The number of benzene rings is 1. The van der Waals surface area contributed by atoms with Crippen molar-refractivity contribution in [2.75, 3.05) is 20.0 Å². The molecule has 2 amide bonds. The minimum Gasteiger partial charge on any atom is -0.496 e. The summed E-state index contributed by atoms with van der Waals surface area (Å²) < 4.78 is 9.61. The van der Waals surface area contributed by atoms with Crippen LogP contribution in [0.5, 0.6) is 5.75 Å². The summed E-state index contributed by atoms with van der Waals surface area (Å²) in [4.78, 5) is 53.6. The number of nitrogens with zero attached hydrogens (tertiary/aromatic N) is 1. The second-order valence-electron chi connectivity index (χ2n) is 5.16. The molecule has 0 spiro atoms. The predicted octanol–water partition coefficient (Wildman–Crippen LogP) is 0.543. The zero-order chi connectivity index (χ0) is 19.8. The third-order valence-electron chi connectivity index (χ3n) is 3.27. The number of carbonyl (C=O) groups excluding carboxylic acids is 3. The highest BCUT2D eigenvalue weighted by Crippen LogP contribution is 2.17. The number of nitrogens with one attached hydrogen (secondary N) is 2. The Balaban J connectivity index is 1.98. The van der Waals surface area contributed by atoms with E-state index in [0.29, 0.717) is 5.75 Å². The van der Waals surface area contributed by atoms with Crippen LogP contribution in [0.2, 0.25) is 0 Å². The topological polar surface area (TPSA) is 127 Å². The molecule has 9 nitrogen and oxygen atoms in total. The third-order valence-corrected chi connectivity index (χ3v) is 4.14. The van der Waals surface area contributed by atoms with Gasteiger partial charge in [-0.3, -0.25) is 24.5 Å². The first kappa shape index (κ1) is 20.2. The van der Waals surface area contributed by atoms with E-state index in [0.717, 1.165) is 11.8 Å². The fourth-order valence-electron chi connectivity index (χ4n) is 2.06. The second-order valence-corrected chi connectivity index (χ2v) is 6.13.